The van der Waals surface area contributed by atoms with Crippen molar-refractivity contribution in [2.24, 2.45) is 5.41 Å². The molecule has 1 fully saturated rings. The second-order valence-corrected chi connectivity index (χ2v) is 9.69. The number of nitrogens with one attached hydrogen (secondary N) is 1. The summed E-state index contributed by atoms with van der Waals surface area (Å²) >= 11 is 0. The highest BCUT2D eigenvalue weighted by Crippen LogP contribution is 2.29. The Labute approximate surface area is 176 Å². The molecule has 29 heavy (non-hydrogen) atoms. The molecule has 2 rings (SSSR count). The molecule has 5 nitrogen and oxygen atoms in total. The zero-order chi connectivity index (χ0) is 21.6. The Bertz CT molecular complexity index is 701. The number of rotatable bonds is 7. The van der Waals surface area contributed by atoms with Crippen LogP contribution in [0.25, 0.3) is 0 Å². The summed E-state index contributed by atoms with van der Waals surface area (Å²) in [5.74, 6) is 0.235. The van der Waals surface area contributed by atoms with Gasteiger partial charge in [0.1, 0.15) is 0 Å². The maximum Gasteiger partial charge on any atom is 0.224 e. The highest BCUT2D eigenvalue weighted by atomic mass is 16.2. The van der Waals surface area contributed by atoms with Gasteiger partial charge in [-0.25, -0.2) is 0 Å². The van der Waals surface area contributed by atoms with Crippen molar-refractivity contribution in [3.05, 3.63) is 23.8 Å². The average molecular weight is 402 g/mol. The Morgan fingerprint density at radius 1 is 1.10 bits per heavy atom. The SMILES string of the molecule is CCC(=O)N(Cc1cc(NC(=O)CC(C)(C)C)ccc1N(C)C)C1CCCCC1. The largest absolute Gasteiger partial charge is 0.377 e. The van der Waals surface area contributed by atoms with Gasteiger partial charge in [0.2, 0.25) is 11.8 Å². The fourth-order valence-electron chi connectivity index (χ4n) is 4.11. The molecule has 0 bridgehead atoms. The molecule has 1 aromatic rings. The third-order valence-corrected chi connectivity index (χ3v) is 5.51. The van der Waals surface area contributed by atoms with E-state index in [1.165, 1.54) is 19.3 Å². The number of benzene rings is 1. The number of hydrogen-bond donors (Lipinski definition) is 1. The van der Waals surface area contributed by atoms with Crippen molar-refractivity contribution in [3.63, 3.8) is 0 Å². The monoisotopic (exact) mass is 401 g/mol. The molecule has 0 atom stereocenters. The fourth-order valence-corrected chi connectivity index (χ4v) is 4.11. The molecule has 1 aliphatic rings. The third-order valence-electron chi connectivity index (χ3n) is 5.51. The normalized spacial score (nSPS) is 15.1. The molecule has 0 aromatic heterocycles. The third kappa shape index (κ3) is 7.06. The predicted molar refractivity (Wildman–Crippen MR) is 121 cm³/mol. The van der Waals surface area contributed by atoms with Crippen LogP contribution in [0.15, 0.2) is 18.2 Å². The second kappa shape index (κ2) is 10.1. The van der Waals surface area contributed by atoms with Crippen molar-refractivity contribution >= 4 is 23.2 Å². The van der Waals surface area contributed by atoms with Gasteiger partial charge in [0, 0.05) is 50.9 Å². The van der Waals surface area contributed by atoms with E-state index in [4.69, 9.17) is 0 Å². The number of hydrogen-bond acceptors (Lipinski definition) is 3. The van der Waals surface area contributed by atoms with Crippen LogP contribution >= 0.6 is 0 Å². The summed E-state index contributed by atoms with van der Waals surface area (Å²) in [6.45, 7) is 8.71. The smallest absolute Gasteiger partial charge is 0.224 e. The quantitative estimate of drug-likeness (QED) is 0.683. The Balaban J connectivity index is 2.27. The molecule has 0 radical (unpaired) electrons. The van der Waals surface area contributed by atoms with E-state index in [1.54, 1.807) is 0 Å². The van der Waals surface area contributed by atoms with Gasteiger partial charge >= 0.3 is 0 Å². The van der Waals surface area contributed by atoms with Gasteiger partial charge in [-0.1, -0.05) is 47.0 Å². The van der Waals surface area contributed by atoms with E-state index in [-0.39, 0.29) is 17.2 Å². The Hall–Kier alpha value is -2.04. The van der Waals surface area contributed by atoms with Gasteiger partial charge in [-0.05, 0) is 42.0 Å². The highest BCUT2D eigenvalue weighted by Gasteiger charge is 2.26. The summed E-state index contributed by atoms with van der Waals surface area (Å²) in [6, 6.07) is 6.35. The predicted octanol–water partition coefficient (Wildman–Crippen LogP) is 5.20. The van der Waals surface area contributed by atoms with E-state index in [2.05, 4.69) is 35.9 Å². The van der Waals surface area contributed by atoms with Crippen LogP contribution < -0.4 is 10.2 Å². The Morgan fingerprint density at radius 3 is 2.31 bits per heavy atom. The van der Waals surface area contributed by atoms with Crippen LogP contribution in [0.2, 0.25) is 0 Å². The maximum absolute atomic E-state index is 12.8. The van der Waals surface area contributed by atoms with Crippen LogP contribution in [0.1, 0.15) is 78.2 Å². The van der Waals surface area contributed by atoms with Gasteiger partial charge in [-0.2, -0.15) is 0 Å². The van der Waals surface area contributed by atoms with Crippen molar-refractivity contribution in [3.8, 4) is 0 Å². The summed E-state index contributed by atoms with van der Waals surface area (Å²) < 4.78 is 0. The summed E-state index contributed by atoms with van der Waals surface area (Å²) in [7, 11) is 4.03. The van der Waals surface area contributed by atoms with E-state index in [9.17, 15) is 9.59 Å². The van der Waals surface area contributed by atoms with Crippen molar-refractivity contribution in [2.75, 3.05) is 24.3 Å². The molecule has 0 saturated heterocycles. The molecule has 1 N–H and O–H groups in total. The lowest BCUT2D eigenvalue weighted by atomic mass is 9.92. The first-order valence-corrected chi connectivity index (χ1v) is 11.0. The fraction of sp³-hybridized carbons (Fsp3) is 0.667. The van der Waals surface area contributed by atoms with Crippen LogP contribution in [0.5, 0.6) is 0 Å². The van der Waals surface area contributed by atoms with E-state index in [1.807, 2.05) is 39.2 Å². The minimum absolute atomic E-state index is 0.0230. The number of carbonyl (C=O) groups excluding carboxylic acids is 2. The Morgan fingerprint density at radius 2 is 1.76 bits per heavy atom. The van der Waals surface area contributed by atoms with Gasteiger partial charge in [0.15, 0.2) is 0 Å². The standard InChI is InChI=1S/C24H39N3O2/c1-7-23(29)27(20-11-9-8-10-12-20)17-18-15-19(13-14-21(18)26(5)6)25-22(28)16-24(2,3)4/h13-15,20H,7-12,16-17H2,1-6H3,(H,25,28). The number of anilines is 2. The van der Waals surface area contributed by atoms with Crippen molar-refractivity contribution in [1.29, 1.82) is 0 Å². The van der Waals surface area contributed by atoms with Gasteiger partial charge in [0.25, 0.3) is 0 Å². The minimum Gasteiger partial charge on any atom is -0.377 e. The first kappa shape index (κ1) is 23.2. The lowest BCUT2D eigenvalue weighted by Crippen LogP contribution is -2.40. The molecule has 0 aliphatic heterocycles. The number of carbonyl (C=O) groups is 2. The topological polar surface area (TPSA) is 52.7 Å². The van der Waals surface area contributed by atoms with Crippen LogP contribution in [-0.4, -0.2) is 36.9 Å². The molecule has 0 spiro atoms. The minimum atomic E-state index is -0.0538. The van der Waals surface area contributed by atoms with Gasteiger partial charge < -0.3 is 15.1 Å². The van der Waals surface area contributed by atoms with Crippen molar-refractivity contribution in [2.45, 2.75) is 85.2 Å². The Kier molecular flexibility index (Phi) is 8.12. The van der Waals surface area contributed by atoms with Gasteiger partial charge in [0.05, 0.1) is 0 Å². The first-order valence-electron chi connectivity index (χ1n) is 11.0. The molecule has 0 unspecified atom stereocenters. The molecule has 162 valence electrons. The molecule has 5 heteroatoms. The lowest BCUT2D eigenvalue weighted by molar-refractivity contribution is -0.134. The van der Waals surface area contributed by atoms with E-state index >= 15 is 0 Å². The number of amides is 2. The van der Waals surface area contributed by atoms with E-state index in [0.29, 0.717) is 25.4 Å². The molecule has 1 saturated carbocycles. The van der Waals surface area contributed by atoms with Gasteiger partial charge in [-0.3, -0.25) is 9.59 Å². The molecular formula is C24H39N3O2. The molecule has 1 aromatic carbocycles. The van der Waals surface area contributed by atoms with E-state index in [0.717, 1.165) is 29.8 Å². The van der Waals surface area contributed by atoms with Crippen LogP contribution in [0.3, 0.4) is 0 Å². The molecule has 1 aliphatic carbocycles. The van der Waals surface area contributed by atoms with Gasteiger partial charge in [-0.15, -0.1) is 0 Å². The zero-order valence-electron chi connectivity index (χ0n) is 19.2. The van der Waals surface area contributed by atoms with Crippen LogP contribution in [0.4, 0.5) is 11.4 Å². The summed E-state index contributed by atoms with van der Waals surface area (Å²) in [5.41, 5.74) is 2.91. The molecule has 0 heterocycles. The summed E-state index contributed by atoms with van der Waals surface area (Å²) in [5, 5.41) is 3.04. The summed E-state index contributed by atoms with van der Waals surface area (Å²) in [6.07, 6.45) is 6.83. The lowest BCUT2D eigenvalue weighted by Gasteiger charge is -2.35. The first-order chi connectivity index (χ1) is 13.6. The van der Waals surface area contributed by atoms with Crippen molar-refractivity contribution < 1.29 is 9.59 Å². The maximum atomic E-state index is 12.8. The second-order valence-electron chi connectivity index (χ2n) is 9.69. The highest BCUT2D eigenvalue weighted by molar-refractivity contribution is 5.91. The van der Waals surface area contributed by atoms with E-state index < -0.39 is 0 Å². The summed E-state index contributed by atoms with van der Waals surface area (Å²) in [4.78, 5) is 29.3. The van der Waals surface area contributed by atoms with Crippen LogP contribution in [-0.2, 0) is 16.1 Å². The zero-order valence-corrected chi connectivity index (χ0v) is 19.2. The molecule has 2 amide bonds. The number of nitrogens with zero attached hydrogens (tertiary/aromatic N) is 2. The van der Waals surface area contributed by atoms with Crippen LogP contribution in [0, 0.1) is 5.41 Å². The average Bonchev–Trinajstić information content (AvgIpc) is 2.64. The van der Waals surface area contributed by atoms with Crippen molar-refractivity contribution in [1.82, 2.24) is 4.90 Å². The molecular weight excluding hydrogens is 362 g/mol.